The summed E-state index contributed by atoms with van der Waals surface area (Å²) in [5.41, 5.74) is 0.895. The van der Waals surface area contributed by atoms with Gasteiger partial charge in [0.15, 0.2) is 4.77 Å². The highest BCUT2D eigenvalue weighted by molar-refractivity contribution is 7.71. The minimum absolute atomic E-state index is 0.0249. The number of aromatic amines is 1. The maximum absolute atomic E-state index is 12.9. The molecule has 3 aromatic rings. The van der Waals surface area contributed by atoms with Gasteiger partial charge in [0.2, 0.25) is 0 Å². The van der Waals surface area contributed by atoms with Gasteiger partial charge in [0.1, 0.15) is 4.70 Å². The molecule has 1 aliphatic heterocycles. The van der Waals surface area contributed by atoms with Crippen molar-refractivity contribution in [3.05, 3.63) is 39.4 Å². The summed E-state index contributed by atoms with van der Waals surface area (Å²) >= 11 is 6.98. The van der Waals surface area contributed by atoms with Crippen molar-refractivity contribution in [3.63, 3.8) is 0 Å². The van der Waals surface area contributed by atoms with Crippen LogP contribution in [-0.4, -0.2) is 47.3 Å². The normalized spacial score (nSPS) is 16.2. The van der Waals surface area contributed by atoms with Crippen LogP contribution in [0.4, 0.5) is 0 Å². The zero-order valence-corrected chi connectivity index (χ0v) is 14.9. The van der Waals surface area contributed by atoms with Gasteiger partial charge in [-0.3, -0.25) is 14.3 Å². The molecule has 1 aromatic carbocycles. The lowest BCUT2D eigenvalue weighted by atomic mass is 10.2. The zero-order valence-electron chi connectivity index (χ0n) is 13.3. The van der Waals surface area contributed by atoms with E-state index in [0.717, 1.165) is 59.6 Å². The Balaban J connectivity index is 1.62. The van der Waals surface area contributed by atoms with Gasteiger partial charge in [-0.05, 0) is 24.7 Å². The third kappa shape index (κ3) is 2.93. The molecule has 126 valence electrons. The summed E-state index contributed by atoms with van der Waals surface area (Å²) in [6.45, 7) is 5.15. The summed E-state index contributed by atoms with van der Waals surface area (Å²) in [5.74, 6) is 0. The molecule has 0 amide bonds. The van der Waals surface area contributed by atoms with Crippen LogP contribution in [0.2, 0.25) is 0 Å². The predicted molar refractivity (Wildman–Crippen MR) is 101 cm³/mol. The molecule has 3 heterocycles. The highest BCUT2D eigenvalue weighted by Crippen LogP contribution is 2.29. The summed E-state index contributed by atoms with van der Waals surface area (Å²) in [7, 11) is 0. The molecule has 1 saturated heterocycles. The number of hydrogen-bond acceptors (Lipinski definition) is 5. The maximum Gasteiger partial charge on any atom is 0.272 e. The minimum Gasteiger partial charge on any atom is -0.379 e. The van der Waals surface area contributed by atoms with Crippen molar-refractivity contribution in [3.8, 4) is 0 Å². The molecule has 4 rings (SSSR count). The standard InChI is InChI=1S/C17H19N3O2S2/c21-16-15-14(12-4-1-2-5-13(12)24-15)18-17(23)20(16)7-3-6-19-8-10-22-11-9-19/h1-2,4-5H,3,6-11H2,(H,18,23). The number of fused-ring (bicyclic) bond motifs is 3. The summed E-state index contributed by atoms with van der Waals surface area (Å²) in [5, 5.41) is 1.07. The first kappa shape index (κ1) is 16.0. The molecule has 0 aliphatic carbocycles. The molecule has 7 heteroatoms. The van der Waals surface area contributed by atoms with E-state index in [1.54, 1.807) is 4.57 Å². The van der Waals surface area contributed by atoms with Gasteiger partial charge in [-0.15, -0.1) is 11.3 Å². The van der Waals surface area contributed by atoms with Gasteiger partial charge < -0.3 is 9.72 Å². The first-order chi connectivity index (χ1) is 11.7. The Morgan fingerprint density at radius 1 is 1.21 bits per heavy atom. The van der Waals surface area contributed by atoms with Crippen molar-refractivity contribution < 1.29 is 4.74 Å². The Hall–Kier alpha value is -1.54. The summed E-state index contributed by atoms with van der Waals surface area (Å²) in [4.78, 5) is 18.5. The molecule has 1 N–H and O–H groups in total. The number of rotatable bonds is 4. The Morgan fingerprint density at radius 3 is 2.83 bits per heavy atom. The molecule has 1 aliphatic rings. The van der Waals surface area contributed by atoms with Crippen molar-refractivity contribution in [2.75, 3.05) is 32.8 Å². The number of nitrogens with one attached hydrogen (secondary N) is 1. The van der Waals surface area contributed by atoms with Gasteiger partial charge in [-0.2, -0.15) is 0 Å². The average molecular weight is 361 g/mol. The number of H-pyrrole nitrogens is 1. The molecule has 2 aromatic heterocycles. The van der Waals surface area contributed by atoms with Crippen LogP contribution in [0.5, 0.6) is 0 Å². The monoisotopic (exact) mass is 361 g/mol. The van der Waals surface area contributed by atoms with Crippen LogP contribution in [0.3, 0.4) is 0 Å². The smallest absolute Gasteiger partial charge is 0.272 e. The first-order valence-corrected chi connectivity index (χ1v) is 9.41. The van der Waals surface area contributed by atoms with Crippen molar-refractivity contribution in [1.29, 1.82) is 0 Å². The third-order valence-electron chi connectivity index (χ3n) is 4.47. The van der Waals surface area contributed by atoms with E-state index in [2.05, 4.69) is 9.88 Å². The Labute approximate surface area is 148 Å². The van der Waals surface area contributed by atoms with Crippen LogP contribution < -0.4 is 5.56 Å². The van der Waals surface area contributed by atoms with Gasteiger partial charge in [0, 0.05) is 36.3 Å². The topological polar surface area (TPSA) is 50.3 Å². The fourth-order valence-corrected chi connectivity index (χ4v) is 4.57. The molecule has 0 bridgehead atoms. The lowest BCUT2D eigenvalue weighted by Gasteiger charge is -2.26. The molecular formula is C17H19N3O2S2. The second kappa shape index (κ2) is 6.76. The summed E-state index contributed by atoms with van der Waals surface area (Å²) in [6.07, 6.45) is 0.911. The number of hydrogen-bond donors (Lipinski definition) is 1. The van der Waals surface area contributed by atoms with Crippen LogP contribution in [0.25, 0.3) is 20.3 Å². The number of thiophene rings is 1. The van der Waals surface area contributed by atoms with Crippen LogP contribution in [0.1, 0.15) is 6.42 Å². The molecule has 24 heavy (non-hydrogen) atoms. The van der Waals surface area contributed by atoms with E-state index >= 15 is 0 Å². The number of aromatic nitrogens is 2. The largest absolute Gasteiger partial charge is 0.379 e. The maximum atomic E-state index is 12.9. The lowest BCUT2D eigenvalue weighted by Crippen LogP contribution is -2.37. The predicted octanol–water partition coefficient (Wildman–Crippen LogP) is 3.00. The van der Waals surface area contributed by atoms with Gasteiger partial charge in [-0.25, -0.2) is 0 Å². The van der Waals surface area contributed by atoms with Crippen molar-refractivity contribution in [1.82, 2.24) is 14.5 Å². The van der Waals surface area contributed by atoms with E-state index in [9.17, 15) is 4.79 Å². The molecule has 0 atom stereocenters. The van der Waals surface area contributed by atoms with E-state index in [1.165, 1.54) is 11.3 Å². The fourth-order valence-electron chi connectivity index (χ4n) is 3.19. The van der Waals surface area contributed by atoms with Gasteiger partial charge >= 0.3 is 0 Å². The highest BCUT2D eigenvalue weighted by Gasteiger charge is 2.13. The van der Waals surface area contributed by atoms with E-state index in [-0.39, 0.29) is 5.56 Å². The second-order valence-electron chi connectivity index (χ2n) is 6.00. The lowest BCUT2D eigenvalue weighted by molar-refractivity contribution is 0.0369. The number of nitrogens with zero attached hydrogens (tertiary/aromatic N) is 2. The van der Waals surface area contributed by atoms with Crippen LogP contribution >= 0.6 is 23.6 Å². The zero-order chi connectivity index (χ0) is 16.5. The van der Waals surface area contributed by atoms with Gasteiger partial charge in [0.25, 0.3) is 5.56 Å². The van der Waals surface area contributed by atoms with Crippen LogP contribution in [0, 0.1) is 4.77 Å². The minimum atomic E-state index is 0.0249. The Bertz CT molecular complexity index is 983. The van der Waals surface area contributed by atoms with Gasteiger partial charge in [-0.1, -0.05) is 18.2 Å². The molecule has 5 nitrogen and oxygen atoms in total. The van der Waals surface area contributed by atoms with Crippen molar-refractivity contribution >= 4 is 43.9 Å². The van der Waals surface area contributed by atoms with Crippen molar-refractivity contribution in [2.24, 2.45) is 0 Å². The first-order valence-electron chi connectivity index (χ1n) is 8.18. The van der Waals surface area contributed by atoms with Crippen LogP contribution in [-0.2, 0) is 11.3 Å². The molecule has 0 saturated carbocycles. The second-order valence-corrected chi connectivity index (χ2v) is 7.44. The summed E-state index contributed by atoms with van der Waals surface area (Å²) < 4.78 is 9.45. The Kier molecular flexibility index (Phi) is 4.49. The molecule has 0 unspecified atom stereocenters. The van der Waals surface area contributed by atoms with Gasteiger partial charge in [0.05, 0.1) is 18.7 Å². The molecular weight excluding hydrogens is 342 g/mol. The van der Waals surface area contributed by atoms with Crippen LogP contribution in [0.15, 0.2) is 29.1 Å². The van der Waals surface area contributed by atoms with Crippen molar-refractivity contribution in [2.45, 2.75) is 13.0 Å². The number of morpholine rings is 1. The number of benzene rings is 1. The molecule has 1 fully saturated rings. The average Bonchev–Trinajstić information content (AvgIpc) is 2.98. The van der Waals surface area contributed by atoms with E-state index in [1.807, 2.05) is 24.3 Å². The Morgan fingerprint density at radius 2 is 2.00 bits per heavy atom. The fraction of sp³-hybridized carbons (Fsp3) is 0.412. The summed E-state index contributed by atoms with van der Waals surface area (Å²) in [6, 6.07) is 8.05. The SMILES string of the molecule is O=c1c2sc3ccccc3c2[nH]c(=S)n1CCCN1CCOCC1. The molecule has 0 radical (unpaired) electrons. The number of ether oxygens (including phenoxy) is 1. The van der Waals surface area contributed by atoms with E-state index in [4.69, 9.17) is 17.0 Å². The van der Waals surface area contributed by atoms with E-state index < -0.39 is 0 Å². The highest BCUT2D eigenvalue weighted by atomic mass is 32.1. The third-order valence-corrected chi connectivity index (χ3v) is 5.95. The quantitative estimate of drug-likeness (QED) is 0.726. The van der Waals surface area contributed by atoms with E-state index in [0.29, 0.717) is 11.3 Å². The molecule has 0 spiro atoms.